The van der Waals surface area contributed by atoms with E-state index in [1.165, 1.54) is 89.0 Å². The molecule has 0 saturated heterocycles. The summed E-state index contributed by atoms with van der Waals surface area (Å²) in [6.07, 6.45) is 0. The Morgan fingerprint density at radius 3 is 1.00 bits per heavy atom. The van der Waals surface area contributed by atoms with Crippen LogP contribution in [0.4, 0.5) is 0 Å². The fraction of sp³-hybridized carbons (Fsp3) is 0.125. The predicted octanol–water partition coefficient (Wildman–Crippen LogP) is 13.0. The van der Waals surface area contributed by atoms with Crippen LogP contribution in [0.15, 0.2) is 158 Å². The summed E-state index contributed by atoms with van der Waals surface area (Å²) in [6.45, 7) is 9.54. The topological polar surface area (TPSA) is 0 Å². The molecule has 0 aromatic heterocycles. The Kier molecular flexibility index (Phi) is 6.30. The molecule has 0 fully saturated rings. The predicted molar refractivity (Wildman–Crippen MR) is 203 cm³/mol. The summed E-state index contributed by atoms with van der Waals surface area (Å²) in [6, 6.07) is 58.6. The summed E-state index contributed by atoms with van der Waals surface area (Å²) >= 11 is 0. The fourth-order valence-electron chi connectivity index (χ4n) is 8.42. The summed E-state index contributed by atoms with van der Waals surface area (Å²) in [7, 11) is 0. The van der Waals surface area contributed by atoms with Crippen molar-refractivity contribution in [3.05, 3.63) is 180 Å². The second-order valence-electron chi connectivity index (χ2n) is 14.6. The zero-order valence-electron chi connectivity index (χ0n) is 28.0. The molecule has 0 heterocycles. The summed E-state index contributed by atoms with van der Waals surface area (Å²) in [5.41, 5.74) is 21.0. The monoisotopic (exact) mass is 614 g/mol. The first-order valence-electron chi connectivity index (χ1n) is 17.1. The zero-order valence-corrected chi connectivity index (χ0v) is 28.0. The molecule has 0 N–H and O–H groups in total. The minimum Gasteiger partial charge on any atom is -0.0622 e. The highest BCUT2D eigenvalue weighted by Crippen LogP contribution is 2.53. The van der Waals surface area contributed by atoms with E-state index in [1.54, 1.807) is 0 Å². The Hall–Kier alpha value is -5.46. The summed E-state index contributed by atoms with van der Waals surface area (Å²) in [5, 5.41) is 0. The zero-order chi connectivity index (χ0) is 32.6. The van der Waals surface area contributed by atoms with Gasteiger partial charge >= 0.3 is 0 Å². The molecule has 48 heavy (non-hydrogen) atoms. The molecular weight excluding hydrogens is 577 g/mol. The Morgan fingerprint density at radius 2 is 0.562 bits per heavy atom. The molecule has 0 aliphatic heterocycles. The van der Waals surface area contributed by atoms with Gasteiger partial charge in [0.2, 0.25) is 0 Å². The van der Waals surface area contributed by atoms with E-state index in [9.17, 15) is 0 Å². The quantitative estimate of drug-likeness (QED) is 0.185. The molecule has 0 bridgehead atoms. The summed E-state index contributed by atoms with van der Waals surface area (Å²) in [4.78, 5) is 0. The van der Waals surface area contributed by atoms with E-state index in [0.717, 1.165) is 0 Å². The van der Waals surface area contributed by atoms with E-state index >= 15 is 0 Å². The number of hydrogen-bond acceptors (Lipinski definition) is 0. The minimum absolute atomic E-state index is 0.0792. The molecule has 0 amide bonds. The highest BCUT2D eigenvalue weighted by molar-refractivity contribution is 5.90. The van der Waals surface area contributed by atoms with Crippen LogP contribution in [0.2, 0.25) is 0 Å². The highest BCUT2D eigenvalue weighted by atomic mass is 14.4. The number of benzene rings is 7. The van der Waals surface area contributed by atoms with Crippen LogP contribution in [0.5, 0.6) is 0 Å². The van der Waals surface area contributed by atoms with Gasteiger partial charge in [-0.05, 0) is 113 Å². The van der Waals surface area contributed by atoms with Crippen molar-refractivity contribution in [3.63, 3.8) is 0 Å². The lowest BCUT2D eigenvalue weighted by Crippen LogP contribution is -2.15. The molecule has 2 aliphatic carbocycles. The normalized spacial score (nSPS) is 14.6. The smallest absolute Gasteiger partial charge is 0.0159 e. The SMILES string of the molecule is CC1(C)c2cc(-c3ccccc3)ccc2-c2ccc(-c3ccc4c(c3)C(C)(C)c3cc(-c5ccccc5-c5ccccc5)ccc3-4)cc21. The molecule has 230 valence electrons. The van der Waals surface area contributed by atoms with Crippen LogP contribution in [0.3, 0.4) is 0 Å². The van der Waals surface area contributed by atoms with Gasteiger partial charge in [0.1, 0.15) is 0 Å². The number of fused-ring (bicyclic) bond motifs is 6. The lowest BCUT2D eigenvalue weighted by atomic mass is 9.79. The molecule has 0 heteroatoms. The summed E-state index contributed by atoms with van der Waals surface area (Å²) < 4.78 is 0. The van der Waals surface area contributed by atoms with Crippen molar-refractivity contribution in [2.24, 2.45) is 0 Å². The van der Waals surface area contributed by atoms with E-state index in [1.807, 2.05) is 0 Å². The van der Waals surface area contributed by atoms with E-state index < -0.39 is 0 Å². The van der Waals surface area contributed by atoms with Crippen molar-refractivity contribution < 1.29 is 0 Å². The van der Waals surface area contributed by atoms with Gasteiger partial charge in [0.15, 0.2) is 0 Å². The maximum Gasteiger partial charge on any atom is 0.0159 e. The largest absolute Gasteiger partial charge is 0.0622 e. The van der Waals surface area contributed by atoms with Crippen LogP contribution in [0.25, 0.3) is 66.8 Å². The van der Waals surface area contributed by atoms with Crippen LogP contribution >= 0.6 is 0 Å². The first-order chi connectivity index (χ1) is 23.3. The van der Waals surface area contributed by atoms with E-state index in [2.05, 4.69) is 185 Å². The number of rotatable bonds is 4. The second-order valence-corrected chi connectivity index (χ2v) is 14.6. The van der Waals surface area contributed by atoms with Gasteiger partial charge in [-0.15, -0.1) is 0 Å². The van der Waals surface area contributed by atoms with Gasteiger partial charge in [-0.25, -0.2) is 0 Å². The molecule has 7 aromatic rings. The molecule has 0 atom stereocenters. The third-order valence-corrected chi connectivity index (χ3v) is 11.1. The maximum absolute atomic E-state index is 2.46. The van der Waals surface area contributed by atoms with E-state index in [-0.39, 0.29) is 10.8 Å². The van der Waals surface area contributed by atoms with Crippen LogP contribution in [0, 0.1) is 0 Å². The van der Waals surface area contributed by atoms with Crippen LogP contribution in [0.1, 0.15) is 49.9 Å². The molecule has 7 aromatic carbocycles. The van der Waals surface area contributed by atoms with Gasteiger partial charge in [0, 0.05) is 10.8 Å². The Balaban J connectivity index is 1.08. The molecule has 0 radical (unpaired) electrons. The number of hydrogen-bond donors (Lipinski definition) is 0. The van der Waals surface area contributed by atoms with Crippen molar-refractivity contribution in [1.82, 2.24) is 0 Å². The van der Waals surface area contributed by atoms with E-state index in [4.69, 9.17) is 0 Å². The Bertz CT molecular complexity index is 2370. The standard InChI is InChI=1S/C48H38/c1-47(2)43-27-33(31-13-7-5-8-14-31)19-23-39(43)40-24-20-34(28-44(40)47)35-21-25-41-42-26-22-36(30-46(42)48(3,4)45(41)29-35)38-18-12-11-17-37(38)32-15-9-6-10-16-32/h5-30H,1-4H3. The molecule has 0 unspecified atom stereocenters. The third kappa shape index (κ3) is 4.29. The van der Waals surface area contributed by atoms with Crippen molar-refractivity contribution in [3.8, 4) is 66.8 Å². The van der Waals surface area contributed by atoms with Gasteiger partial charge in [0.05, 0.1) is 0 Å². The van der Waals surface area contributed by atoms with Gasteiger partial charge in [-0.2, -0.15) is 0 Å². The molecule has 0 nitrogen and oxygen atoms in total. The minimum atomic E-state index is -0.113. The van der Waals surface area contributed by atoms with Crippen molar-refractivity contribution in [1.29, 1.82) is 0 Å². The fourth-order valence-corrected chi connectivity index (χ4v) is 8.42. The first kappa shape index (κ1) is 28.7. The third-order valence-electron chi connectivity index (χ3n) is 11.1. The molecule has 2 aliphatic rings. The lowest BCUT2D eigenvalue weighted by Gasteiger charge is -2.24. The van der Waals surface area contributed by atoms with Crippen molar-refractivity contribution in [2.45, 2.75) is 38.5 Å². The average molecular weight is 615 g/mol. The van der Waals surface area contributed by atoms with Crippen LogP contribution in [-0.2, 0) is 10.8 Å². The second kappa shape index (κ2) is 10.5. The van der Waals surface area contributed by atoms with Gasteiger partial charge in [0.25, 0.3) is 0 Å². The van der Waals surface area contributed by atoms with Gasteiger partial charge in [-0.3, -0.25) is 0 Å². The molecule has 0 spiro atoms. The molecule has 0 saturated carbocycles. The average Bonchev–Trinajstić information content (AvgIpc) is 3.50. The first-order valence-corrected chi connectivity index (χ1v) is 17.1. The molecule has 9 rings (SSSR count). The lowest BCUT2D eigenvalue weighted by molar-refractivity contribution is 0.660. The maximum atomic E-state index is 2.46. The van der Waals surface area contributed by atoms with Gasteiger partial charge < -0.3 is 0 Å². The summed E-state index contributed by atoms with van der Waals surface area (Å²) in [5.74, 6) is 0. The van der Waals surface area contributed by atoms with Crippen LogP contribution in [-0.4, -0.2) is 0 Å². The Morgan fingerprint density at radius 1 is 0.250 bits per heavy atom. The van der Waals surface area contributed by atoms with Crippen LogP contribution < -0.4 is 0 Å². The van der Waals surface area contributed by atoms with E-state index in [0.29, 0.717) is 0 Å². The molecular formula is C48H38. The van der Waals surface area contributed by atoms with Crippen molar-refractivity contribution >= 4 is 0 Å². The Labute approximate surface area is 284 Å². The highest BCUT2D eigenvalue weighted by Gasteiger charge is 2.38. The van der Waals surface area contributed by atoms with Crippen molar-refractivity contribution in [2.75, 3.05) is 0 Å². The van der Waals surface area contributed by atoms with Gasteiger partial charge in [-0.1, -0.05) is 161 Å².